The minimum absolute atomic E-state index is 0.00348. The molecular weight excluding hydrogens is 242 g/mol. The van der Waals surface area contributed by atoms with Gasteiger partial charge in [-0.25, -0.2) is 17.9 Å². The highest BCUT2D eigenvalue weighted by Crippen LogP contribution is 2.17. The van der Waals surface area contributed by atoms with E-state index >= 15 is 0 Å². The standard InChI is InChI=1S/C10H15N3O3S/c1-3-12-10(14)13-17(15,16)9-6-8(11)5-4-7(9)2/h4-6H,3,11H2,1-2H3,(H2,12,13,14). The first-order chi connectivity index (χ1) is 7.86. The van der Waals surface area contributed by atoms with Gasteiger partial charge in [0.1, 0.15) is 0 Å². The minimum atomic E-state index is -3.88. The van der Waals surface area contributed by atoms with Crippen molar-refractivity contribution in [2.24, 2.45) is 0 Å². The molecule has 0 aliphatic heterocycles. The van der Waals surface area contributed by atoms with Crippen molar-refractivity contribution in [3.05, 3.63) is 23.8 Å². The first-order valence-electron chi connectivity index (χ1n) is 5.03. The van der Waals surface area contributed by atoms with E-state index in [1.165, 1.54) is 6.07 Å². The Balaban J connectivity index is 3.05. The van der Waals surface area contributed by atoms with Gasteiger partial charge in [-0.05, 0) is 31.5 Å². The number of rotatable bonds is 3. The molecule has 17 heavy (non-hydrogen) atoms. The van der Waals surface area contributed by atoms with E-state index in [2.05, 4.69) is 5.32 Å². The number of anilines is 1. The van der Waals surface area contributed by atoms with Crippen molar-refractivity contribution in [3.63, 3.8) is 0 Å². The van der Waals surface area contributed by atoms with Crippen LogP contribution >= 0.6 is 0 Å². The van der Waals surface area contributed by atoms with Crippen molar-refractivity contribution < 1.29 is 13.2 Å². The average Bonchev–Trinajstić information content (AvgIpc) is 2.21. The molecule has 7 heteroatoms. The van der Waals surface area contributed by atoms with Gasteiger partial charge >= 0.3 is 6.03 Å². The zero-order valence-electron chi connectivity index (χ0n) is 9.65. The van der Waals surface area contributed by atoms with Crippen molar-refractivity contribution in [2.75, 3.05) is 12.3 Å². The largest absolute Gasteiger partial charge is 0.399 e. The Bertz CT molecular complexity index is 526. The SMILES string of the molecule is CCNC(=O)NS(=O)(=O)c1cc(N)ccc1C. The van der Waals surface area contributed by atoms with Gasteiger partial charge in [0.15, 0.2) is 0 Å². The average molecular weight is 257 g/mol. The van der Waals surface area contributed by atoms with Gasteiger partial charge in [0, 0.05) is 12.2 Å². The van der Waals surface area contributed by atoms with Crippen LogP contribution in [0.15, 0.2) is 23.1 Å². The van der Waals surface area contributed by atoms with Crippen LogP contribution in [0.25, 0.3) is 0 Å². The second-order valence-electron chi connectivity index (χ2n) is 3.49. The molecule has 0 aliphatic carbocycles. The molecule has 0 atom stereocenters. The van der Waals surface area contributed by atoms with Gasteiger partial charge in [-0.2, -0.15) is 0 Å². The lowest BCUT2D eigenvalue weighted by Crippen LogP contribution is -2.39. The lowest BCUT2D eigenvalue weighted by atomic mass is 10.2. The normalized spacial score (nSPS) is 10.9. The number of sulfonamides is 1. The summed E-state index contributed by atoms with van der Waals surface area (Å²) >= 11 is 0. The number of hydrogen-bond acceptors (Lipinski definition) is 4. The van der Waals surface area contributed by atoms with Gasteiger partial charge in [-0.3, -0.25) is 0 Å². The Kier molecular flexibility index (Phi) is 3.95. The molecule has 0 heterocycles. The number of hydrogen-bond donors (Lipinski definition) is 3. The van der Waals surface area contributed by atoms with Crippen LogP contribution in [-0.4, -0.2) is 21.0 Å². The number of amides is 2. The van der Waals surface area contributed by atoms with E-state index in [-0.39, 0.29) is 4.90 Å². The van der Waals surface area contributed by atoms with E-state index in [0.29, 0.717) is 17.8 Å². The Morgan fingerprint density at radius 1 is 1.41 bits per heavy atom. The molecule has 0 fully saturated rings. The lowest BCUT2D eigenvalue weighted by Gasteiger charge is -2.10. The highest BCUT2D eigenvalue weighted by Gasteiger charge is 2.19. The topological polar surface area (TPSA) is 101 Å². The smallest absolute Gasteiger partial charge is 0.328 e. The van der Waals surface area contributed by atoms with Crippen molar-refractivity contribution in [3.8, 4) is 0 Å². The predicted octanol–water partition coefficient (Wildman–Crippen LogP) is 0.585. The molecule has 0 saturated heterocycles. The Labute approximate surface area is 100 Å². The molecule has 0 aromatic heterocycles. The summed E-state index contributed by atoms with van der Waals surface area (Å²) in [4.78, 5) is 11.2. The summed E-state index contributed by atoms with van der Waals surface area (Å²) < 4.78 is 25.6. The summed E-state index contributed by atoms with van der Waals surface area (Å²) in [6.45, 7) is 3.67. The number of nitrogens with two attached hydrogens (primary N) is 1. The van der Waals surface area contributed by atoms with Gasteiger partial charge < -0.3 is 11.1 Å². The zero-order chi connectivity index (χ0) is 13.1. The monoisotopic (exact) mass is 257 g/mol. The van der Waals surface area contributed by atoms with Crippen molar-refractivity contribution in [1.29, 1.82) is 0 Å². The van der Waals surface area contributed by atoms with Gasteiger partial charge in [-0.1, -0.05) is 6.07 Å². The van der Waals surface area contributed by atoms with Crippen molar-refractivity contribution >= 4 is 21.7 Å². The number of benzene rings is 1. The Morgan fingerprint density at radius 3 is 2.65 bits per heavy atom. The molecule has 4 N–H and O–H groups in total. The van der Waals surface area contributed by atoms with E-state index in [0.717, 1.165) is 0 Å². The molecule has 1 rings (SSSR count). The number of urea groups is 1. The molecule has 1 aromatic carbocycles. The maximum Gasteiger partial charge on any atom is 0.328 e. The van der Waals surface area contributed by atoms with Crippen LogP contribution in [0.4, 0.5) is 10.5 Å². The summed E-state index contributed by atoms with van der Waals surface area (Å²) in [7, 11) is -3.88. The summed E-state index contributed by atoms with van der Waals surface area (Å²) in [6, 6.07) is 3.74. The van der Waals surface area contributed by atoms with Gasteiger partial charge in [0.2, 0.25) is 0 Å². The molecule has 0 spiro atoms. The molecule has 0 radical (unpaired) electrons. The van der Waals surface area contributed by atoms with E-state index in [1.807, 2.05) is 4.72 Å². The third kappa shape index (κ3) is 3.35. The minimum Gasteiger partial charge on any atom is -0.399 e. The second kappa shape index (κ2) is 5.05. The molecule has 0 unspecified atom stereocenters. The van der Waals surface area contributed by atoms with Crippen LogP contribution in [0.3, 0.4) is 0 Å². The summed E-state index contributed by atoms with van der Waals surface area (Å²) in [6.07, 6.45) is 0. The molecule has 0 aliphatic rings. The van der Waals surface area contributed by atoms with E-state index < -0.39 is 16.1 Å². The molecule has 1 aromatic rings. The molecule has 0 bridgehead atoms. The summed E-state index contributed by atoms with van der Waals surface area (Å²) in [5, 5.41) is 2.35. The number of carbonyl (C=O) groups excluding carboxylic acids is 1. The number of nitrogens with one attached hydrogen (secondary N) is 2. The fraction of sp³-hybridized carbons (Fsp3) is 0.300. The fourth-order valence-corrected chi connectivity index (χ4v) is 2.49. The van der Waals surface area contributed by atoms with E-state index in [4.69, 9.17) is 5.73 Å². The van der Waals surface area contributed by atoms with Crippen LogP contribution in [-0.2, 0) is 10.0 Å². The Hall–Kier alpha value is -1.76. The maximum absolute atomic E-state index is 11.9. The Morgan fingerprint density at radius 2 is 2.06 bits per heavy atom. The molecule has 0 saturated carbocycles. The van der Waals surface area contributed by atoms with Crippen LogP contribution in [0.1, 0.15) is 12.5 Å². The lowest BCUT2D eigenvalue weighted by molar-refractivity contribution is 0.246. The number of carbonyl (C=O) groups is 1. The van der Waals surface area contributed by atoms with Crippen LogP contribution in [0.2, 0.25) is 0 Å². The van der Waals surface area contributed by atoms with Crippen LogP contribution in [0, 0.1) is 6.92 Å². The van der Waals surface area contributed by atoms with Gasteiger partial charge in [-0.15, -0.1) is 0 Å². The third-order valence-electron chi connectivity index (χ3n) is 2.07. The van der Waals surface area contributed by atoms with Crippen molar-refractivity contribution in [2.45, 2.75) is 18.7 Å². The highest BCUT2D eigenvalue weighted by molar-refractivity contribution is 7.90. The number of aryl methyl sites for hydroxylation is 1. The van der Waals surface area contributed by atoms with E-state index in [9.17, 15) is 13.2 Å². The fourth-order valence-electron chi connectivity index (χ4n) is 1.28. The van der Waals surface area contributed by atoms with Gasteiger partial charge in [0.25, 0.3) is 10.0 Å². The summed E-state index contributed by atoms with van der Waals surface area (Å²) in [5.74, 6) is 0. The number of nitrogen functional groups attached to an aromatic ring is 1. The quantitative estimate of drug-likeness (QED) is 0.689. The van der Waals surface area contributed by atoms with Gasteiger partial charge in [0.05, 0.1) is 4.90 Å². The molecule has 2 amide bonds. The highest BCUT2D eigenvalue weighted by atomic mass is 32.2. The molecule has 94 valence electrons. The van der Waals surface area contributed by atoms with Crippen LogP contribution in [0.5, 0.6) is 0 Å². The molecular formula is C10H15N3O3S. The second-order valence-corrected chi connectivity index (χ2v) is 5.14. The van der Waals surface area contributed by atoms with E-state index in [1.54, 1.807) is 26.0 Å². The molecule has 6 nitrogen and oxygen atoms in total. The first kappa shape index (κ1) is 13.3. The first-order valence-corrected chi connectivity index (χ1v) is 6.52. The predicted molar refractivity (Wildman–Crippen MR) is 65.0 cm³/mol. The zero-order valence-corrected chi connectivity index (χ0v) is 10.5. The summed E-state index contributed by atoms with van der Waals surface area (Å²) in [5.41, 5.74) is 6.37. The van der Waals surface area contributed by atoms with Crippen LogP contribution < -0.4 is 15.8 Å². The maximum atomic E-state index is 11.9. The van der Waals surface area contributed by atoms with Crippen molar-refractivity contribution in [1.82, 2.24) is 10.0 Å². The third-order valence-corrected chi connectivity index (χ3v) is 3.54.